The molecule has 1 N–H and O–H groups in total. The van der Waals surface area contributed by atoms with Crippen LogP contribution in [0.1, 0.15) is 23.4 Å². The molecule has 0 saturated heterocycles. The molecule has 1 aromatic heterocycles. The van der Waals surface area contributed by atoms with Crippen LogP contribution in [0.3, 0.4) is 0 Å². The number of carbonyl (C=O) groups is 1. The van der Waals surface area contributed by atoms with Crippen LogP contribution in [-0.4, -0.2) is 26.0 Å². The highest BCUT2D eigenvalue weighted by atomic mass is 32.2. The zero-order valence-corrected chi connectivity index (χ0v) is 15.4. The van der Waals surface area contributed by atoms with Crippen LogP contribution in [0, 0.1) is 11.6 Å². The van der Waals surface area contributed by atoms with Crippen molar-refractivity contribution in [3.63, 3.8) is 0 Å². The van der Waals surface area contributed by atoms with E-state index in [-0.39, 0.29) is 23.7 Å². The predicted octanol–water partition coefficient (Wildman–Crippen LogP) is 3.20. The fourth-order valence-corrected chi connectivity index (χ4v) is 4.42. The van der Waals surface area contributed by atoms with Crippen molar-refractivity contribution < 1.29 is 26.7 Å². The number of rotatable bonds is 8. The van der Waals surface area contributed by atoms with Crippen molar-refractivity contribution in [3.8, 4) is 0 Å². The molecule has 0 aliphatic heterocycles. The molecule has 6 nitrogen and oxygen atoms in total. The Labute approximate surface area is 153 Å². The summed E-state index contributed by atoms with van der Waals surface area (Å²) in [6.45, 7) is 5.31. The van der Waals surface area contributed by atoms with E-state index in [1.165, 1.54) is 5.38 Å². The van der Waals surface area contributed by atoms with Gasteiger partial charge in [-0.3, -0.25) is 9.52 Å². The molecule has 10 heteroatoms. The molecule has 140 valence electrons. The molecule has 0 saturated carbocycles. The maximum atomic E-state index is 13.9. The molecule has 0 radical (unpaired) electrons. The Balaban J connectivity index is 2.20. The zero-order valence-electron chi connectivity index (χ0n) is 13.7. The summed E-state index contributed by atoms with van der Waals surface area (Å²) in [4.78, 5) is 15.4. The Morgan fingerprint density at radius 2 is 2.19 bits per heavy atom. The first-order chi connectivity index (χ1) is 12.3. The number of hydrogen-bond donors (Lipinski definition) is 1. The highest BCUT2D eigenvalue weighted by Crippen LogP contribution is 2.29. The molecule has 0 fully saturated rings. The molecule has 1 aromatic carbocycles. The molecule has 1 atom stereocenters. The van der Waals surface area contributed by atoms with E-state index in [0.29, 0.717) is 11.8 Å². The number of carbonyl (C=O) groups excluding carboxylic acids is 1. The third kappa shape index (κ3) is 4.85. The van der Waals surface area contributed by atoms with Gasteiger partial charge in [0.2, 0.25) is 10.0 Å². The van der Waals surface area contributed by atoms with Gasteiger partial charge in [-0.05, 0) is 13.0 Å². The Bertz CT molecular complexity index is 913. The van der Waals surface area contributed by atoms with E-state index in [1.54, 1.807) is 6.92 Å². The lowest BCUT2D eigenvalue weighted by Crippen LogP contribution is -2.21. The molecule has 2 aromatic rings. The molecule has 0 spiro atoms. The second kappa shape index (κ2) is 8.37. The van der Waals surface area contributed by atoms with E-state index in [9.17, 15) is 22.0 Å². The fraction of sp³-hybridized carbons (Fsp3) is 0.250. The maximum absolute atomic E-state index is 13.9. The van der Waals surface area contributed by atoms with Gasteiger partial charge in [0.05, 0.1) is 18.7 Å². The lowest BCUT2D eigenvalue weighted by Gasteiger charge is -2.15. The van der Waals surface area contributed by atoms with Crippen molar-refractivity contribution in [1.29, 1.82) is 0 Å². The standard InChI is InChI=1S/C16H16F2N2O4S2/c1-3-14(12-6-5-10(17)7-13(12)18)26(22,23)20-16-19-11(9-25-16)8-15(21)24-4-2/h3,5-7,9,14H,1,4,8H2,2H3,(H,19,20). The monoisotopic (exact) mass is 402 g/mol. The number of thiazole rings is 1. The number of esters is 1. The van der Waals surface area contributed by atoms with Crippen LogP contribution in [0.25, 0.3) is 0 Å². The first-order valence-corrected chi connectivity index (χ1v) is 9.88. The number of nitrogens with zero attached hydrogens (tertiary/aromatic N) is 1. The van der Waals surface area contributed by atoms with Gasteiger partial charge in [-0.1, -0.05) is 12.1 Å². The summed E-state index contributed by atoms with van der Waals surface area (Å²) in [5.74, 6) is -2.30. The lowest BCUT2D eigenvalue weighted by atomic mass is 10.1. The normalized spacial score (nSPS) is 12.4. The van der Waals surface area contributed by atoms with Gasteiger partial charge in [-0.15, -0.1) is 17.9 Å². The Morgan fingerprint density at radius 1 is 1.46 bits per heavy atom. The molecular formula is C16H16F2N2O4S2. The summed E-state index contributed by atoms with van der Waals surface area (Å²) >= 11 is 0.969. The minimum atomic E-state index is -4.14. The first kappa shape index (κ1) is 20.0. The molecule has 0 bridgehead atoms. The van der Waals surface area contributed by atoms with Gasteiger partial charge in [0, 0.05) is 17.0 Å². The van der Waals surface area contributed by atoms with E-state index in [2.05, 4.69) is 16.3 Å². The maximum Gasteiger partial charge on any atom is 0.311 e. The van der Waals surface area contributed by atoms with Crippen LogP contribution in [0.15, 0.2) is 36.2 Å². The van der Waals surface area contributed by atoms with Crippen LogP contribution in [0.2, 0.25) is 0 Å². The number of halogens is 2. The summed E-state index contributed by atoms with van der Waals surface area (Å²) in [7, 11) is -4.14. The molecule has 0 amide bonds. The Hall–Kier alpha value is -2.33. The van der Waals surface area contributed by atoms with E-state index in [0.717, 1.165) is 29.5 Å². The summed E-state index contributed by atoms with van der Waals surface area (Å²) < 4.78 is 59.1. The SMILES string of the molecule is C=CC(c1ccc(F)cc1F)S(=O)(=O)Nc1nc(CC(=O)OCC)cs1. The second-order valence-electron chi connectivity index (χ2n) is 5.10. The van der Waals surface area contributed by atoms with Crippen LogP contribution in [0.4, 0.5) is 13.9 Å². The third-order valence-corrected chi connectivity index (χ3v) is 5.76. The molecule has 1 unspecified atom stereocenters. The molecule has 2 rings (SSSR count). The van der Waals surface area contributed by atoms with Crippen molar-refractivity contribution in [2.24, 2.45) is 0 Å². The summed E-state index contributed by atoms with van der Waals surface area (Å²) in [6, 6.07) is 2.61. The quantitative estimate of drug-likeness (QED) is 0.541. The zero-order chi connectivity index (χ0) is 19.3. The van der Waals surface area contributed by atoms with Crippen molar-refractivity contribution in [3.05, 3.63) is 59.1 Å². The number of nitrogens with one attached hydrogen (secondary N) is 1. The number of ether oxygens (including phenoxy) is 1. The number of anilines is 1. The smallest absolute Gasteiger partial charge is 0.311 e. The number of aromatic nitrogens is 1. The van der Waals surface area contributed by atoms with Crippen LogP contribution in [-0.2, 0) is 26.0 Å². The van der Waals surface area contributed by atoms with Gasteiger partial charge >= 0.3 is 5.97 Å². The van der Waals surface area contributed by atoms with Crippen LogP contribution < -0.4 is 4.72 Å². The average Bonchev–Trinajstić information content (AvgIpc) is 2.96. The van der Waals surface area contributed by atoms with Crippen molar-refractivity contribution in [2.75, 3.05) is 11.3 Å². The summed E-state index contributed by atoms with van der Waals surface area (Å²) in [5, 5.41) is 0.0788. The molecule has 26 heavy (non-hydrogen) atoms. The number of hydrogen-bond acceptors (Lipinski definition) is 6. The molecular weight excluding hydrogens is 386 g/mol. The summed E-state index contributed by atoms with van der Waals surface area (Å²) in [6.07, 6.45) is 0.940. The van der Waals surface area contributed by atoms with Crippen molar-refractivity contribution >= 4 is 32.5 Å². The second-order valence-corrected chi connectivity index (χ2v) is 7.76. The highest BCUT2D eigenvalue weighted by molar-refractivity contribution is 7.93. The molecule has 0 aliphatic rings. The summed E-state index contributed by atoms with van der Waals surface area (Å²) in [5.41, 5.74) is 0.103. The first-order valence-electron chi connectivity index (χ1n) is 7.46. The largest absolute Gasteiger partial charge is 0.466 e. The minimum absolute atomic E-state index is 0.0127. The van der Waals surface area contributed by atoms with Gasteiger partial charge in [-0.25, -0.2) is 22.2 Å². The highest BCUT2D eigenvalue weighted by Gasteiger charge is 2.28. The van der Waals surface area contributed by atoms with E-state index >= 15 is 0 Å². The third-order valence-electron chi connectivity index (χ3n) is 3.23. The molecule has 0 aliphatic carbocycles. The number of sulfonamides is 1. The van der Waals surface area contributed by atoms with E-state index < -0.39 is 32.9 Å². The lowest BCUT2D eigenvalue weighted by molar-refractivity contribution is -0.142. The van der Waals surface area contributed by atoms with Crippen molar-refractivity contribution in [1.82, 2.24) is 4.98 Å². The van der Waals surface area contributed by atoms with Crippen LogP contribution >= 0.6 is 11.3 Å². The minimum Gasteiger partial charge on any atom is -0.466 e. The van der Waals surface area contributed by atoms with E-state index in [4.69, 9.17) is 4.74 Å². The average molecular weight is 402 g/mol. The predicted molar refractivity (Wildman–Crippen MR) is 94.3 cm³/mol. The Morgan fingerprint density at radius 3 is 2.81 bits per heavy atom. The Kier molecular flexibility index (Phi) is 6.43. The fourth-order valence-electron chi connectivity index (χ4n) is 2.13. The van der Waals surface area contributed by atoms with Gasteiger partial charge in [-0.2, -0.15) is 0 Å². The topological polar surface area (TPSA) is 85.4 Å². The van der Waals surface area contributed by atoms with Gasteiger partial charge < -0.3 is 4.74 Å². The molecule has 1 heterocycles. The van der Waals surface area contributed by atoms with Gasteiger partial charge in [0.1, 0.15) is 16.9 Å². The van der Waals surface area contributed by atoms with Gasteiger partial charge in [0.15, 0.2) is 5.13 Å². The van der Waals surface area contributed by atoms with E-state index in [1.807, 2.05) is 0 Å². The van der Waals surface area contributed by atoms with Gasteiger partial charge in [0.25, 0.3) is 0 Å². The van der Waals surface area contributed by atoms with Crippen LogP contribution in [0.5, 0.6) is 0 Å². The number of benzene rings is 1. The van der Waals surface area contributed by atoms with Crippen molar-refractivity contribution in [2.45, 2.75) is 18.6 Å².